The Morgan fingerprint density at radius 3 is 1.73 bits per heavy atom. The summed E-state index contributed by atoms with van der Waals surface area (Å²) in [7, 11) is 0. The monoisotopic (exact) mass is 232 g/mol. The fourth-order valence-corrected chi connectivity index (χ4v) is 0.596. The van der Waals surface area contributed by atoms with Crippen LogP contribution in [0.2, 0.25) is 0 Å². The van der Waals surface area contributed by atoms with Gasteiger partial charge in [0, 0.05) is 0 Å². The molecule has 0 aromatic rings. The van der Waals surface area contributed by atoms with Crippen molar-refractivity contribution in [2.75, 3.05) is 0 Å². The molecular formula is C10H23Y. The molecular weight excluding hydrogens is 209 g/mol. The number of hydrogen-bond donors (Lipinski definition) is 0. The van der Waals surface area contributed by atoms with Gasteiger partial charge in [0.05, 0.1) is 0 Å². The maximum absolute atomic E-state index is 3.99. The molecule has 0 rings (SSSR count). The molecule has 0 amide bonds. The van der Waals surface area contributed by atoms with Gasteiger partial charge >= 0.3 is 32.7 Å². The van der Waals surface area contributed by atoms with Gasteiger partial charge in [-0.15, -0.1) is 6.42 Å². The minimum Gasteiger partial charge on any atom is -0.358 e. The van der Waals surface area contributed by atoms with Gasteiger partial charge in [-0.2, -0.15) is 12.3 Å². The molecule has 0 bridgehead atoms. The maximum Gasteiger partial charge on any atom is 3.00 e. The largest absolute Gasteiger partial charge is 3.00 e. The van der Waals surface area contributed by atoms with Crippen LogP contribution in [0.25, 0.3) is 0 Å². The summed E-state index contributed by atoms with van der Waals surface area (Å²) in [6, 6.07) is 0. The Morgan fingerprint density at radius 1 is 1.27 bits per heavy atom. The van der Waals surface area contributed by atoms with Crippen LogP contribution in [-0.4, -0.2) is 0 Å². The van der Waals surface area contributed by atoms with Gasteiger partial charge in [0.1, 0.15) is 0 Å². The molecule has 0 heterocycles. The normalized spacial score (nSPS) is 10.6. The molecule has 0 aromatic carbocycles. The summed E-state index contributed by atoms with van der Waals surface area (Å²) >= 11 is 0. The first-order valence-electron chi connectivity index (χ1n) is 3.30. The van der Waals surface area contributed by atoms with Crippen molar-refractivity contribution in [3.63, 3.8) is 0 Å². The van der Waals surface area contributed by atoms with E-state index in [-0.39, 0.29) is 47.6 Å². The van der Waals surface area contributed by atoms with Gasteiger partial charge in [0.25, 0.3) is 0 Å². The molecule has 0 nitrogen and oxygen atoms in total. The quantitative estimate of drug-likeness (QED) is 0.649. The Morgan fingerprint density at radius 2 is 1.64 bits per heavy atom. The molecule has 0 spiro atoms. The SMILES string of the molecule is C.[CH2-]CCC([CH2-])C(C)C.[CH3-].[Y+3]. The fraction of sp³-hybridized carbons (Fsp3) is 0.700. The molecule has 0 aromatic heterocycles. The maximum atomic E-state index is 3.99. The van der Waals surface area contributed by atoms with Crippen molar-refractivity contribution < 1.29 is 32.7 Å². The molecule has 0 aliphatic rings. The standard InChI is InChI=1S/C8H16.CH4.CH3.Y/c1-5-6-8(4)7(2)3;;;/h7-8H,1,4-6H2,2-3H3;1H4;1H3;/q-2;;-1;+3. The Kier molecular flexibility index (Phi) is 28.3. The Hall–Kier alpha value is 1.10. The van der Waals surface area contributed by atoms with Crippen LogP contribution in [0.15, 0.2) is 0 Å². The summed E-state index contributed by atoms with van der Waals surface area (Å²) in [5.41, 5.74) is 0. The zero-order valence-electron chi connectivity index (χ0n) is 7.56. The second-order valence-electron chi connectivity index (χ2n) is 2.65. The van der Waals surface area contributed by atoms with Gasteiger partial charge in [0.2, 0.25) is 0 Å². The van der Waals surface area contributed by atoms with E-state index >= 15 is 0 Å². The molecule has 0 aliphatic heterocycles. The molecule has 1 heteroatoms. The molecule has 0 aliphatic carbocycles. The van der Waals surface area contributed by atoms with E-state index in [1.807, 2.05) is 0 Å². The van der Waals surface area contributed by atoms with Gasteiger partial charge in [-0.05, 0) is 0 Å². The van der Waals surface area contributed by atoms with Crippen molar-refractivity contribution >= 4 is 0 Å². The van der Waals surface area contributed by atoms with Crippen molar-refractivity contribution in [2.24, 2.45) is 11.8 Å². The minimum atomic E-state index is 0. The van der Waals surface area contributed by atoms with Crippen molar-refractivity contribution in [3.05, 3.63) is 21.3 Å². The molecule has 0 N–H and O–H groups in total. The van der Waals surface area contributed by atoms with Gasteiger partial charge < -0.3 is 21.3 Å². The zero-order valence-corrected chi connectivity index (χ0v) is 10.4. The van der Waals surface area contributed by atoms with E-state index in [0.29, 0.717) is 5.92 Å². The van der Waals surface area contributed by atoms with E-state index in [0.717, 1.165) is 18.8 Å². The van der Waals surface area contributed by atoms with E-state index in [4.69, 9.17) is 0 Å². The molecule has 0 saturated carbocycles. The average Bonchev–Trinajstić information content (AvgIpc) is 1.67. The third-order valence-electron chi connectivity index (χ3n) is 1.52. The van der Waals surface area contributed by atoms with Gasteiger partial charge in [-0.1, -0.05) is 27.2 Å². The summed E-state index contributed by atoms with van der Waals surface area (Å²) in [6.45, 7) is 12.2. The molecule has 0 radical (unpaired) electrons. The van der Waals surface area contributed by atoms with Crippen LogP contribution in [0.1, 0.15) is 34.1 Å². The molecule has 1 unspecified atom stereocenters. The van der Waals surface area contributed by atoms with Crippen LogP contribution in [0.5, 0.6) is 0 Å². The Labute approximate surface area is 99.4 Å². The van der Waals surface area contributed by atoms with E-state index in [1.165, 1.54) is 0 Å². The van der Waals surface area contributed by atoms with Crippen LogP contribution in [0.4, 0.5) is 0 Å². The van der Waals surface area contributed by atoms with Crippen LogP contribution in [0, 0.1) is 33.1 Å². The van der Waals surface area contributed by atoms with E-state index < -0.39 is 0 Å². The zero-order chi connectivity index (χ0) is 6.57. The average molecular weight is 232 g/mol. The smallest absolute Gasteiger partial charge is 0.358 e. The topological polar surface area (TPSA) is 0 Å². The first-order chi connectivity index (χ1) is 3.68. The van der Waals surface area contributed by atoms with E-state index in [9.17, 15) is 0 Å². The van der Waals surface area contributed by atoms with Crippen molar-refractivity contribution in [3.8, 4) is 0 Å². The molecule has 0 fully saturated rings. The van der Waals surface area contributed by atoms with Gasteiger partial charge in [-0.25, -0.2) is 0 Å². The van der Waals surface area contributed by atoms with Crippen LogP contribution < -0.4 is 0 Å². The van der Waals surface area contributed by atoms with Gasteiger partial charge in [0.15, 0.2) is 0 Å². The second kappa shape index (κ2) is 13.7. The van der Waals surface area contributed by atoms with Gasteiger partial charge in [-0.3, -0.25) is 0 Å². The third kappa shape index (κ3) is 14.0. The summed E-state index contributed by atoms with van der Waals surface area (Å²) in [4.78, 5) is 0. The molecule has 11 heavy (non-hydrogen) atoms. The van der Waals surface area contributed by atoms with Crippen LogP contribution in [-0.2, 0) is 32.7 Å². The predicted octanol–water partition coefficient (Wildman–Crippen LogP) is 3.79. The second-order valence-corrected chi connectivity index (χ2v) is 2.65. The van der Waals surface area contributed by atoms with Crippen molar-refractivity contribution in [2.45, 2.75) is 34.1 Å². The fourth-order valence-electron chi connectivity index (χ4n) is 0.596. The van der Waals surface area contributed by atoms with E-state index in [1.54, 1.807) is 0 Å². The van der Waals surface area contributed by atoms with E-state index in [2.05, 4.69) is 27.7 Å². The van der Waals surface area contributed by atoms with Crippen molar-refractivity contribution in [1.82, 2.24) is 0 Å². The number of hydrogen-bond acceptors (Lipinski definition) is 0. The van der Waals surface area contributed by atoms with Crippen molar-refractivity contribution in [1.29, 1.82) is 0 Å². The predicted molar refractivity (Wildman–Crippen MR) is 51.4 cm³/mol. The molecule has 0 saturated heterocycles. The Bertz CT molecular complexity index is 50.8. The third-order valence-corrected chi connectivity index (χ3v) is 1.52. The van der Waals surface area contributed by atoms with Crippen LogP contribution in [0.3, 0.4) is 0 Å². The molecule has 66 valence electrons. The summed E-state index contributed by atoms with van der Waals surface area (Å²) in [5.74, 6) is 1.32. The summed E-state index contributed by atoms with van der Waals surface area (Å²) < 4.78 is 0. The number of rotatable bonds is 3. The summed E-state index contributed by atoms with van der Waals surface area (Å²) in [6.07, 6.45) is 2.18. The van der Waals surface area contributed by atoms with Crippen LogP contribution >= 0.6 is 0 Å². The molecule has 1 atom stereocenters. The first kappa shape index (κ1) is 22.7. The minimum absolute atomic E-state index is 0. The first-order valence-corrected chi connectivity index (χ1v) is 3.30. The summed E-state index contributed by atoms with van der Waals surface area (Å²) in [5, 5.41) is 0. The Balaban J connectivity index is -0.0000000817.